The standard InChI is InChI=1S/C14H11F2NO3/c15-9-2-1-8(12(16)5-9)7-20-13-6-10(17)3-4-11(13)14(18)19/h1-6H,7,17H2,(H,18,19). The van der Waals surface area contributed by atoms with Crippen molar-refractivity contribution in [3.63, 3.8) is 0 Å². The van der Waals surface area contributed by atoms with Gasteiger partial charge in [0.15, 0.2) is 0 Å². The minimum absolute atomic E-state index is 0.0289. The molecule has 0 aromatic heterocycles. The Morgan fingerprint density at radius 2 is 1.95 bits per heavy atom. The van der Waals surface area contributed by atoms with Crippen LogP contribution < -0.4 is 10.5 Å². The number of hydrogen-bond acceptors (Lipinski definition) is 3. The number of carboxylic acids is 1. The summed E-state index contributed by atoms with van der Waals surface area (Å²) in [7, 11) is 0. The number of aromatic carboxylic acids is 1. The molecule has 104 valence electrons. The Bertz CT molecular complexity index is 659. The van der Waals surface area contributed by atoms with Gasteiger partial charge in [-0.25, -0.2) is 13.6 Å². The molecule has 0 unspecified atom stereocenters. The number of rotatable bonds is 4. The summed E-state index contributed by atoms with van der Waals surface area (Å²) in [5, 5.41) is 9.00. The minimum Gasteiger partial charge on any atom is -0.488 e. The molecule has 0 spiro atoms. The molecule has 2 aromatic carbocycles. The Labute approximate surface area is 113 Å². The zero-order valence-corrected chi connectivity index (χ0v) is 10.3. The summed E-state index contributed by atoms with van der Waals surface area (Å²) in [6.07, 6.45) is 0. The highest BCUT2D eigenvalue weighted by Gasteiger charge is 2.12. The summed E-state index contributed by atoms with van der Waals surface area (Å²) in [5.74, 6) is -2.60. The van der Waals surface area contributed by atoms with Gasteiger partial charge in [0.25, 0.3) is 0 Å². The summed E-state index contributed by atoms with van der Waals surface area (Å²) in [4.78, 5) is 11.0. The van der Waals surface area contributed by atoms with E-state index in [9.17, 15) is 13.6 Å². The molecule has 6 heteroatoms. The van der Waals surface area contributed by atoms with Crippen molar-refractivity contribution in [3.05, 3.63) is 59.2 Å². The molecule has 0 aliphatic heterocycles. The van der Waals surface area contributed by atoms with Crippen molar-refractivity contribution in [2.75, 3.05) is 5.73 Å². The average molecular weight is 279 g/mol. The molecule has 20 heavy (non-hydrogen) atoms. The van der Waals surface area contributed by atoms with Crippen molar-refractivity contribution in [1.29, 1.82) is 0 Å². The molecule has 4 nitrogen and oxygen atoms in total. The van der Waals surface area contributed by atoms with Crippen molar-refractivity contribution in [3.8, 4) is 5.75 Å². The zero-order chi connectivity index (χ0) is 14.7. The molecule has 0 bridgehead atoms. The molecule has 0 radical (unpaired) electrons. The first-order valence-corrected chi connectivity index (χ1v) is 5.67. The first kappa shape index (κ1) is 13.8. The van der Waals surface area contributed by atoms with E-state index in [1.165, 1.54) is 24.3 Å². The van der Waals surface area contributed by atoms with Crippen LogP contribution in [0.2, 0.25) is 0 Å². The van der Waals surface area contributed by atoms with Crippen molar-refractivity contribution in [2.24, 2.45) is 0 Å². The topological polar surface area (TPSA) is 72.6 Å². The summed E-state index contributed by atoms with van der Waals surface area (Å²) < 4.78 is 31.5. The fourth-order valence-electron chi connectivity index (χ4n) is 1.63. The van der Waals surface area contributed by atoms with E-state index in [-0.39, 0.29) is 23.5 Å². The van der Waals surface area contributed by atoms with Crippen LogP contribution in [0.5, 0.6) is 5.75 Å². The normalized spacial score (nSPS) is 10.3. The van der Waals surface area contributed by atoms with Crippen LogP contribution in [0.3, 0.4) is 0 Å². The van der Waals surface area contributed by atoms with E-state index in [1.807, 2.05) is 0 Å². The molecule has 0 aliphatic rings. The number of nitrogens with two attached hydrogens (primary N) is 1. The molecule has 2 rings (SSSR count). The van der Waals surface area contributed by atoms with Crippen LogP contribution in [-0.2, 0) is 6.61 Å². The van der Waals surface area contributed by atoms with Crippen LogP contribution in [0, 0.1) is 11.6 Å². The van der Waals surface area contributed by atoms with Crippen LogP contribution in [0.1, 0.15) is 15.9 Å². The number of anilines is 1. The molecule has 0 saturated carbocycles. The zero-order valence-electron chi connectivity index (χ0n) is 10.3. The number of carboxylic acid groups (broad SMARTS) is 1. The molecule has 0 saturated heterocycles. The number of ether oxygens (including phenoxy) is 1. The number of nitrogen functional groups attached to an aromatic ring is 1. The molecule has 0 aliphatic carbocycles. The third kappa shape index (κ3) is 3.03. The Kier molecular flexibility index (Phi) is 3.84. The Balaban J connectivity index is 2.22. The molecule has 0 amide bonds. The molecule has 3 N–H and O–H groups in total. The van der Waals surface area contributed by atoms with E-state index in [0.717, 1.165) is 12.1 Å². The van der Waals surface area contributed by atoms with Gasteiger partial charge >= 0.3 is 5.97 Å². The smallest absolute Gasteiger partial charge is 0.339 e. The monoisotopic (exact) mass is 279 g/mol. The highest BCUT2D eigenvalue weighted by molar-refractivity contribution is 5.91. The van der Waals surface area contributed by atoms with E-state index in [1.54, 1.807) is 0 Å². The van der Waals surface area contributed by atoms with Gasteiger partial charge in [0.05, 0.1) is 0 Å². The first-order valence-electron chi connectivity index (χ1n) is 5.67. The van der Waals surface area contributed by atoms with E-state index in [2.05, 4.69) is 0 Å². The van der Waals surface area contributed by atoms with Gasteiger partial charge in [-0.3, -0.25) is 0 Å². The van der Waals surface area contributed by atoms with Crippen molar-refractivity contribution >= 4 is 11.7 Å². The summed E-state index contributed by atoms with van der Waals surface area (Å²) in [6.45, 7) is -0.226. The Morgan fingerprint density at radius 1 is 1.20 bits per heavy atom. The van der Waals surface area contributed by atoms with Gasteiger partial charge in [-0.15, -0.1) is 0 Å². The van der Waals surface area contributed by atoms with Crippen LogP contribution >= 0.6 is 0 Å². The molecule has 0 fully saturated rings. The summed E-state index contributed by atoms with van der Waals surface area (Å²) in [6, 6.07) is 7.13. The first-order chi connectivity index (χ1) is 9.47. The lowest BCUT2D eigenvalue weighted by Gasteiger charge is -2.10. The number of hydrogen-bond donors (Lipinski definition) is 2. The molecule has 0 heterocycles. The van der Waals surface area contributed by atoms with E-state index in [4.69, 9.17) is 15.6 Å². The van der Waals surface area contributed by atoms with Gasteiger partial charge in [0.1, 0.15) is 29.6 Å². The highest BCUT2D eigenvalue weighted by Crippen LogP contribution is 2.23. The largest absolute Gasteiger partial charge is 0.488 e. The van der Waals surface area contributed by atoms with Crippen molar-refractivity contribution in [1.82, 2.24) is 0 Å². The van der Waals surface area contributed by atoms with Gasteiger partial charge in [-0.2, -0.15) is 0 Å². The Hall–Kier alpha value is -2.63. The lowest BCUT2D eigenvalue weighted by molar-refractivity contribution is 0.0692. The van der Waals surface area contributed by atoms with E-state index in [0.29, 0.717) is 5.69 Å². The predicted octanol–water partition coefficient (Wildman–Crippen LogP) is 2.82. The number of benzene rings is 2. The highest BCUT2D eigenvalue weighted by atomic mass is 19.1. The Morgan fingerprint density at radius 3 is 2.60 bits per heavy atom. The van der Waals surface area contributed by atoms with E-state index < -0.39 is 17.6 Å². The van der Waals surface area contributed by atoms with Gasteiger partial charge in [0.2, 0.25) is 0 Å². The second kappa shape index (κ2) is 5.56. The second-order valence-corrected chi connectivity index (χ2v) is 4.09. The number of carbonyl (C=O) groups is 1. The fourth-order valence-corrected chi connectivity index (χ4v) is 1.63. The molecular weight excluding hydrogens is 268 g/mol. The van der Waals surface area contributed by atoms with Gasteiger partial charge in [0, 0.05) is 23.4 Å². The predicted molar refractivity (Wildman–Crippen MR) is 68.5 cm³/mol. The van der Waals surface area contributed by atoms with Gasteiger partial charge < -0.3 is 15.6 Å². The second-order valence-electron chi connectivity index (χ2n) is 4.09. The quantitative estimate of drug-likeness (QED) is 0.844. The molecule has 0 atom stereocenters. The lowest BCUT2D eigenvalue weighted by atomic mass is 10.2. The summed E-state index contributed by atoms with van der Waals surface area (Å²) >= 11 is 0. The van der Waals surface area contributed by atoms with E-state index >= 15 is 0 Å². The maximum Gasteiger partial charge on any atom is 0.339 e. The lowest BCUT2D eigenvalue weighted by Crippen LogP contribution is -2.05. The third-order valence-corrected chi connectivity index (χ3v) is 2.63. The average Bonchev–Trinajstić information content (AvgIpc) is 2.37. The van der Waals surface area contributed by atoms with Crippen LogP contribution in [0.4, 0.5) is 14.5 Å². The SMILES string of the molecule is Nc1ccc(C(=O)O)c(OCc2ccc(F)cc2F)c1. The number of halogens is 2. The fraction of sp³-hybridized carbons (Fsp3) is 0.0714. The maximum absolute atomic E-state index is 13.4. The molecule has 2 aromatic rings. The van der Waals surface area contributed by atoms with Crippen molar-refractivity contribution in [2.45, 2.75) is 6.61 Å². The minimum atomic E-state index is -1.18. The van der Waals surface area contributed by atoms with Gasteiger partial charge in [-0.1, -0.05) is 0 Å². The van der Waals surface area contributed by atoms with Crippen LogP contribution in [0.15, 0.2) is 36.4 Å². The summed E-state index contributed by atoms with van der Waals surface area (Å²) in [5.41, 5.74) is 5.91. The van der Waals surface area contributed by atoms with Crippen molar-refractivity contribution < 1.29 is 23.4 Å². The van der Waals surface area contributed by atoms with Crippen LogP contribution in [-0.4, -0.2) is 11.1 Å². The van der Waals surface area contributed by atoms with Crippen LogP contribution in [0.25, 0.3) is 0 Å². The third-order valence-electron chi connectivity index (χ3n) is 2.63. The van der Waals surface area contributed by atoms with Gasteiger partial charge in [-0.05, 0) is 24.3 Å². The maximum atomic E-state index is 13.4. The molecular formula is C14H11F2NO3.